The Balaban J connectivity index is 2.79. The lowest BCUT2D eigenvalue weighted by Gasteiger charge is -1.98. The van der Waals surface area contributed by atoms with Gasteiger partial charge in [0.25, 0.3) is 0 Å². The number of carbonyl (C=O) groups is 2. The molecular weight excluding hydrogens is 168 g/mol. The molecular formula is C6H6O4S. The molecule has 0 aliphatic carbocycles. The summed E-state index contributed by atoms with van der Waals surface area (Å²) in [6.45, 7) is 0. The van der Waals surface area contributed by atoms with Gasteiger partial charge in [-0.2, -0.15) is 0 Å². The van der Waals surface area contributed by atoms with Gasteiger partial charge in [-0.15, -0.1) is 10.9 Å². The Kier molecular flexibility index (Phi) is 2.00. The Morgan fingerprint density at radius 3 is 2.27 bits per heavy atom. The fraction of sp³-hybridized carbons (Fsp3) is 0. The summed E-state index contributed by atoms with van der Waals surface area (Å²) >= 11 is 0. The molecule has 1 heterocycles. The Hall–Kier alpha value is -1.23. The first-order chi connectivity index (χ1) is 5.11. The van der Waals surface area contributed by atoms with Crippen LogP contribution < -0.4 is 0 Å². The quantitative estimate of drug-likeness (QED) is 0.521. The third kappa shape index (κ3) is 1.62. The van der Waals surface area contributed by atoms with Gasteiger partial charge in [-0.05, 0) is 16.9 Å². The summed E-state index contributed by atoms with van der Waals surface area (Å²) in [5.74, 6) is -1.08. The van der Waals surface area contributed by atoms with Crippen LogP contribution in [-0.2, 0) is 4.79 Å². The Morgan fingerprint density at radius 2 is 2.00 bits per heavy atom. The molecule has 1 unspecified atom stereocenters. The van der Waals surface area contributed by atoms with Gasteiger partial charge in [0.2, 0.25) is 0 Å². The van der Waals surface area contributed by atoms with E-state index in [1.807, 2.05) is 0 Å². The summed E-state index contributed by atoms with van der Waals surface area (Å²) in [5, 5.41) is 18.6. The summed E-state index contributed by atoms with van der Waals surface area (Å²) in [6.07, 6.45) is 1.32. The van der Waals surface area contributed by atoms with Crippen molar-refractivity contribution in [1.82, 2.24) is 0 Å². The molecule has 1 atom stereocenters. The van der Waals surface area contributed by atoms with Gasteiger partial charge in [0.1, 0.15) is 0 Å². The van der Waals surface area contributed by atoms with Crippen molar-refractivity contribution in [3.05, 3.63) is 22.5 Å². The van der Waals surface area contributed by atoms with Crippen LogP contribution in [0.3, 0.4) is 0 Å². The molecule has 1 aliphatic rings. The van der Waals surface area contributed by atoms with Crippen molar-refractivity contribution in [2.24, 2.45) is 0 Å². The predicted octanol–water partition coefficient (Wildman–Crippen LogP) is 1.16. The smallest absolute Gasteiger partial charge is 0.351 e. The van der Waals surface area contributed by atoms with Gasteiger partial charge < -0.3 is 10.2 Å². The van der Waals surface area contributed by atoms with E-state index in [-0.39, 0.29) is 5.57 Å². The molecule has 0 fully saturated rings. The normalized spacial score (nSPS) is 24.7. The summed E-state index contributed by atoms with van der Waals surface area (Å²) in [6, 6.07) is 0. The van der Waals surface area contributed by atoms with E-state index in [4.69, 9.17) is 10.2 Å². The molecule has 1 rings (SSSR count). The molecule has 0 saturated heterocycles. The summed E-state index contributed by atoms with van der Waals surface area (Å²) in [5.41, 5.74) is 0.0681. The van der Waals surface area contributed by atoms with Crippen LogP contribution in [0.1, 0.15) is 0 Å². The molecule has 0 radical (unpaired) electrons. The SMILES string of the molecule is O=C(O)C1=C[SH](C(=O)O)C=C1. The lowest BCUT2D eigenvalue weighted by atomic mass is 10.3. The van der Waals surface area contributed by atoms with Crippen LogP contribution >= 0.6 is 10.9 Å². The summed E-state index contributed by atoms with van der Waals surface area (Å²) in [4.78, 5) is 20.6. The fourth-order valence-electron chi connectivity index (χ4n) is 0.642. The number of hydrogen-bond donors (Lipinski definition) is 3. The molecule has 0 amide bonds. The predicted molar refractivity (Wildman–Crippen MR) is 41.9 cm³/mol. The lowest BCUT2D eigenvalue weighted by Crippen LogP contribution is -1.95. The third-order valence-corrected chi connectivity index (χ3v) is 2.63. The molecule has 60 valence electrons. The van der Waals surface area contributed by atoms with Crippen LogP contribution in [0.15, 0.2) is 22.5 Å². The average molecular weight is 174 g/mol. The highest BCUT2D eigenvalue weighted by Gasteiger charge is 2.15. The number of carboxylic acid groups (broad SMARTS) is 2. The zero-order valence-electron chi connectivity index (χ0n) is 5.39. The van der Waals surface area contributed by atoms with Crippen molar-refractivity contribution in [2.75, 3.05) is 0 Å². The summed E-state index contributed by atoms with van der Waals surface area (Å²) < 4.78 is 0. The van der Waals surface area contributed by atoms with Crippen molar-refractivity contribution in [3.8, 4) is 0 Å². The van der Waals surface area contributed by atoms with Gasteiger partial charge in [-0.1, -0.05) is 0 Å². The second-order valence-electron chi connectivity index (χ2n) is 1.90. The first-order valence-electron chi connectivity index (χ1n) is 2.76. The highest BCUT2D eigenvalue weighted by atomic mass is 32.2. The van der Waals surface area contributed by atoms with E-state index < -0.39 is 22.2 Å². The highest BCUT2D eigenvalue weighted by Crippen LogP contribution is 2.36. The standard InChI is InChI=1S/C6H6O4S/c7-5(8)4-1-2-11(3-4)6(9)10/h1-3,11H,(H,7,8)(H,9,10). The van der Waals surface area contributed by atoms with E-state index in [1.165, 1.54) is 16.9 Å². The Bertz CT molecular complexity index is 266. The molecule has 1 aliphatic heterocycles. The van der Waals surface area contributed by atoms with Crippen LogP contribution in [0.25, 0.3) is 0 Å². The summed E-state index contributed by atoms with van der Waals surface area (Å²) in [7, 11) is -1.38. The van der Waals surface area contributed by atoms with E-state index in [1.54, 1.807) is 0 Å². The fourth-order valence-corrected chi connectivity index (χ4v) is 1.78. The molecule has 2 N–H and O–H groups in total. The van der Waals surface area contributed by atoms with Crippen molar-refractivity contribution < 1.29 is 19.8 Å². The zero-order valence-corrected chi connectivity index (χ0v) is 6.28. The van der Waals surface area contributed by atoms with Gasteiger partial charge in [0, 0.05) is 0 Å². The molecule has 0 spiro atoms. The molecule has 0 aromatic heterocycles. The minimum Gasteiger partial charge on any atom is -0.478 e. The average Bonchev–Trinajstić information content (AvgIpc) is 2.33. The van der Waals surface area contributed by atoms with Crippen molar-refractivity contribution in [1.29, 1.82) is 0 Å². The zero-order chi connectivity index (χ0) is 8.43. The van der Waals surface area contributed by atoms with Gasteiger partial charge >= 0.3 is 11.3 Å². The second-order valence-corrected chi connectivity index (χ2v) is 3.65. The van der Waals surface area contributed by atoms with Crippen molar-refractivity contribution in [2.45, 2.75) is 0 Å². The van der Waals surface area contributed by atoms with Crippen LogP contribution in [0.2, 0.25) is 0 Å². The van der Waals surface area contributed by atoms with E-state index in [0.717, 1.165) is 0 Å². The first kappa shape index (κ1) is 7.87. The van der Waals surface area contributed by atoms with Crippen LogP contribution in [-0.4, -0.2) is 21.5 Å². The van der Waals surface area contributed by atoms with Crippen LogP contribution in [0.4, 0.5) is 4.79 Å². The minimum atomic E-state index is -1.38. The maximum absolute atomic E-state index is 10.3. The minimum absolute atomic E-state index is 0.0681. The molecule has 5 heteroatoms. The second kappa shape index (κ2) is 2.79. The monoisotopic (exact) mass is 174 g/mol. The van der Waals surface area contributed by atoms with Gasteiger partial charge in [0.05, 0.1) is 5.57 Å². The Labute approximate surface area is 65.2 Å². The molecule has 4 nitrogen and oxygen atoms in total. The van der Waals surface area contributed by atoms with Gasteiger partial charge in [-0.3, -0.25) is 0 Å². The number of aliphatic carboxylic acids is 1. The Morgan fingerprint density at radius 1 is 1.36 bits per heavy atom. The highest BCUT2D eigenvalue weighted by molar-refractivity contribution is 8.34. The first-order valence-corrected chi connectivity index (χ1v) is 4.24. The van der Waals surface area contributed by atoms with Crippen molar-refractivity contribution in [3.63, 3.8) is 0 Å². The topological polar surface area (TPSA) is 74.6 Å². The van der Waals surface area contributed by atoms with E-state index in [9.17, 15) is 9.59 Å². The van der Waals surface area contributed by atoms with E-state index in [2.05, 4.69) is 0 Å². The van der Waals surface area contributed by atoms with Gasteiger partial charge in [-0.25, -0.2) is 9.59 Å². The maximum Gasteiger partial charge on any atom is 0.351 e. The molecule has 0 saturated carbocycles. The van der Waals surface area contributed by atoms with Crippen LogP contribution in [0.5, 0.6) is 0 Å². The van der Waals surface area contributed by atoms with E-state index in [0.29, 0.717) is 0 Å². The largest absolute Gasteiger partial charge is 0.478 e. The van der Waals surface area contributed by atoms with Crippen molar-refractivity contribution >= 4 is 22.2 Å². The number of carboxylic acids is 1. The maximum atomic E-state index is 10.3. The van der Waals surface area contributed by atoms with Crippen LogP contribution in [0, 0.1) is 0 Å². The number of rotatable bonds is 1. The number of thiol groups is 1. The van der Waals surface area contributed by atoms with E-state index >= 15 is 0 Å². The molecule has 0 aromatic rings. The molecule has 11 heavy (non-hydrogen) atoms. The molecule has 0 aromatic carbocycles. The van der Waals surface area contributed by atoms with Gasteiger partial charge in [0.15, 0.2) is 0 Å². The number of hydrogen-bond acceptors (Lipinski definition) is 2. The lowest BCUT2D eigenvalue weighted by molar-refractivity contribution is -0.132. The third-order valence-electron chi connectivity index (χ3n) is 1.16. The molecule has 0 bridgehead atoms.